The fraction of sp³-hybridized carbons (Fsp3) is 1.00. The third kappa shape index (κ3) is 4.17. The van der Waals surface area contributed by atoms with Crippen LogP contribution in [0.4, 0.5) is 4.39 Å². The van der Waals surface area contributed by atoms with E-state index in [2.05, 4.69) is 0 Å². The lowest BCUT2D eigenvalue weighted by Crippen LogP contribution is -2.16. The molecule has 44 valence electrons. The van der Waals surface area contributed by atoms with Crippen LogP contribution in [0.2, 0.25) is 0 Å². The van der Waals surface area contributed by atoms with Gasteiger partial charge in [-0.05, 0) is 12.8 Å². The van der Waals surface area contributed by atoms with Gasteiger partial charge in [0.15, 0.2) is 0 Å². The quantitative estimate of drug-likeness (QED) is 0.546. The first-order valence-corrected chi connectivity index (χ1v) is 4.00. The van der Waals surface area contributed by atoms with E-state index < -0.39 is 6.17 Å². The molecule has 2 atom stereocenters. The van der Waals surface area contributed by atoms with Crippen LogP contribution in [0, 0.1) is 0 Å². The van der Waals surface area contributed by atoms with E-state index in [4.69, 9.17) is 5.73 Å². The normalized spacial score (nSPS) is 15.9. The molecule has 0 spiro atoms. The molecule has 7 heavy (non-hydrogen) atoms. The second-order valence-electron chi connectivity index (χ2n) is 1.39. The Bertz CT molecular complexity index is 42.7. The molecular formula is C4H11FNP. The van der Waals surface area contributed by atoms with Crippen LogP contribution in [0.25, 0.3) is 0 Å². The van der Waals surface area contributed by atoms with Gasteiger partial charge in [-0.25, -0.2) is 4.39 Å². The summed E-state index contributed by atoms with van der Waals surface area (Å²) in [5.41, 5.74) is 4.99. The second kappa shape index (κ2) is 4.48. The molecule has 0 amide bonds. The van der Waals surface area contributed by atoms with E-state index in [-0.39, 0.29) is 6.54 Å². The molecule has 0 saturated heterocycles. The minimum atomic E-state index is -0.761. The van der Waals surface area contributed by atoms with E-state index in [1.165, 1.54) is 0 Å². The predicted molar refractivity (Wildman–Crippen MR) is 33.1 cm³/mol. The van der Waals surface area contributed by atoms with Crippen molar-refractivity contribution in [3.63, 3.8) is 0 Å². The summed E-state index contributed by atoms with van der Waals surface area (Å²) >= 11 is 0. The van der Waals surface area contributed by atoms with Crippen LogP contribution >= 0.6 is 8.58 Å². The van der Waals surface area contributed by atoms with Crippen LogP contribution in [0.3, 0.4) is 0 Å². The van der Waals surface area contributed by atoms with E-state index in [0.29, 0.717) is 14.7 Å². The molecule has 0 aromatic carbocycles. The zero-order valence-corrected chi connectivity index (χ0v) is 5.45. The van der Waals surface area contributed by atoms with Crippen LogP contribution in [-0.4, -0.2) is 25.5 Å². The van der Waals surface area contributed by atoms with Gasteiger partial charge in [0, 0.05) is 6.54 Å². The molecule has 0 aromatic heterocycles. The zero-order chi connectivity index (χ0) is 5.70. The summed E-state index contributed by atoms with van der Waals surface area (Å²) in [6.07, 6.45) is -0.125. The summed E-state index contributed by atoms with van der Waals surface area (Å²) in [4.78, 5) is 0. The Balaban J connectivity index is 2.83. The lowest BCUT2D eigenvalue weighted by molar-refractivity contribution is 0.376. The van der Waals surface area contributed by atoms with Crippen LogP contribution in [-0.2, 0) is 0 Å². The van der Waals surface area contributed by atoms with Crippen LogP contribution < -0.4 is 5.73 Å². The average molecular weight is 123 g/mol. The number of rotatable bonds is 3. The molecule has 0 radical (unpaired) electrons. The number of alkyl halides is 1. The molecule has 0 saturated carbocycles. The maximum atomic E-state index is 12.0. The van der Waals surface area contributed by atoms with Crippen molar-refractivity contribution in [1.29, 1.82) is 0 Å². The van der Waals surface area contributed by atoms with Gasteiger partial charge in [-0.2, -0.15) is 0 Å². The molecule has 0 aliphatic carbocycles. The largest absolute Gasteiger partial charge is 0.328 e. The Morgan fingerprint density at radius 3 is 2.57 bits per heavy atom. The maximum absolute atomic E-state index is 12.0. The SMILES string of the molecule is CPC[C@@H](F)CN. The summed E-state index contributed by atoms with van der Waals surface area (Å²) in [7, 11) is 0.690. The Labute approximate surface area is 45.3 Å². The highest BCUT2D eigenvalue weighted by molar-refractivity contribution is 7.37. The number of hydrogen-bond donors (Lipinski definition) is 1. The van der Waals surface area contributed by atoms with Gasteiger partial charge >= 0.3 is 0 Å². The smallest absolute Gasteiger partial charge is 0.116 e. The van der Waals surface area contributed by atoms with Gasteiger partial charge in [-0.15, -0.1) is 8.58 Å². The molecular weight excluding hydrogens is 112 g/mol. The lowest BCUT2D eigenvalue weighted by atomic mass is 10.5. The molecule has 0 aliphatic rings. The third-order valence-corrected chi connectivity index (χ3v) is 1.53. The van der Waals surface area contributed by atoms with Crippen LogP contribution in [0.15, 0.2) is 0 Å². The number of hydrogen-bond acceptors (Lipinski definition) is 1. The van der Waals surface area contributed by atoms with Crippen molar-refractivity contribution in [2.24, 2.45) is 5.73 Å². The molecule has 1 unspecified atom stereocenters. The van der Waals surface area contributed by atoms with Crippen molar-refractivity contribution in [3.8, 4) is 0 Å². The molecule has 2 N–H and O–H groups in total. The third-order valence-electron chi connectivity index (χ3n) is 0.681. The first-order chi connectivity index (χ1) is 3.31. The zero-order valence-electron chi connectivity index (χ0n) is 4.45. The minimum Gasteiger partial charge on any atom is -0.328 e. The van der Waals surface area contributed by atoms with E-state index in [1.54, 1.807) is 0 Å². The van der Waals surface area contributed by atoms with E-state index in [1.807, 2.05) is 6.66 Å². The van der Waals surface area contributed by atoms with Gasteiger partial charge in [0.25, 0.3) is 0 Å². The molecule has 0 aliphatic heterocycles. The highest BCUT2D eigenvalue weighted by Crippen LogP contribution is 2.05. The van der Waals surface area contributed by atoms with Gasteiger partial charge in [0.2, 0.25) is 0 Å². The summed E-state index contributed by atoms with van der Waals surface area (Å²) in [6, 6.07) is 0. The van der Waals surface area contributed by atoms with Crippen molar-refractivity contribution in [3.05, 3.63) is 0 Å². The Hall–Kier alpha value is 0.320. The lowest BCUT2D eigenvalue weighted by Gasteiger charge is -1.98. The van der Waals surface area contributed by atoms with Gasteiger partial charge in [0.1, 0.15) is 6.17 Å². The van der Waals surface area contributed by atoms with E-state index in [9.17, 15) is 4.39 Å². The van der Waals surface area contributed by atoms with Gasteiger partial charge in [-0.1, -0.05) is 0 Å². The Morgan fingerprint density at radius 2 is 2.43 bits per heavy atom. The first kappa shape index (κ1) is 7.32. The van der Waals surface area contributed by atoms with Crippen LogP contribution in [0.5, 0.6) is 0 Å². The number of nitrogens with two attached hydrogens (primary N) is 1. The molecule has 0 fully saturated rings. The van der Waals surface area contributed by atoms with Crippen molar-refractivity contribution >= 4 is 8.58 Å². The molecule has 3 heteroatoms. The monoisotopic (exact) mass is 123 g/mol. The Morgan fingerprint density at radius 1 is 1.86 bits per heavy atom. The summed E-state index contributed by atoms with van der Waals surface area (Å²) in [5, 5.41) is 0. The van der Waals surface area contributed by atoms with Gasteiger partial charge in [0.05, 0.1) is 0 Å². The maximum Gasteiger partial charge on any atom is 0.116 e. The predicted octanol–water partition coefficient (Wildman–Crippen LogP) is 0.592. The van der Waals surface area contributed by atoms with Gasteiger partial charge < -0.3 is 5.73 Å². The van der Waals surface area contributed by atoms with E-state index in [0.717, 1.165) is 0 Å². The first-order valence-electron chi connectivity index (χ1n) is 2.30. The second-order valence-corrected chi connectivity index (χ2v) is 2.51. The van der Waals surface area contributed by atoms with Gasteiger partial charge in [-0.3, -0.25) is 0 Å². The average Bonchev–Trinajstić information content (AvgIpc) is 1.68. The molecule has 0 rings (SSSR count). The summed E-state index contributed by atoms with van der Waals surface area (Å²) < 4.78 is 12.0. The topological polar surface area (TPSA) is 26.0 Å². The molecule has 0 heterocycles. The minimum absolute atomic E-state index is 0.181. The van der Waals surface area contributed by atoms with Crippen molar-refractivity contribution < 1.29 is 4.39 Å². The highest BCUT2D eigenvalue weighted by Gasteiger charge is 1.97. The highest BCUT2D eigenvalue weighted by atomic mass is 31.1. The van der Waals surface area contributed by atoms with Crippen molar-refractivity contribution in [2.75, 3.05) is 19.4 Å². The van der Waals surface area contributed by atoms with Crippen LogP contribution in [0.1, 0.15) is 0 Å². The number of halogens is 1. The van der Waals surface area contributed by atoms with Crippen molar-refractivity contribution in [2.45, 2.75) is 6.17 Å². The molecule has 0 aromatic rings. The standard InChI is InChI=1S/C4H11FNP/c1-7-3-4(5)2-6/h4,7H,2-3,6H2,1H3/t4-/m0/s1. The summed E-state index contributed by atoms with van der Waals surface area (Å²) in [6.45, 7) is 2.16. The fourth-order valence-corrected chi connectivity index (χ4v) is 0.914. The fourth-order valence-electron chi connectivity index (χ4n) is 0.305. The van der Waals surface area contributed by atoms with Crippen molar-refractivity contribution in [1.82, 2.24) is 0 Å². The summed E-state index contributed by atoms with van der Waals surface area (Å²) in [5.74, 6) is 0. The molecule has 0 bridgehead atoms. The Kier molecular flexibility index (Phi) is 4.68. The molecule has 1 nitrogen and oxygen atoms in total. The van der Waals surface area contributed by atoms with E-state index >= 15 is 0 Å².